The van der Waals surface area contributed by atoms with Crippen molar-refractivity contribution in [3.05, 3.63) is 34.5 Å². The summed E-state index contributed by atoms with van der Waals surface area (Å²) < 4.78 is 5.15. The van der Waals surface area contributed by atoms with Crippen LogP contribution < -0.4 is 0 Å². The van der Waals surface area contributed by atoms with Crippen LogP contribution >= 0.6 is 0 Å². The summed E-state index contributed by atoms with van der Waals surface area (Å²) in [6.45, 7) is 7.48. The first kappa shape index (κ1) is 14.8. The molecule has 2 aromatic heterocycles. The number of aromatic amines is 1. The molecule has 1 aliphatic heterocycles. The Hall–Kier alpha value is -2.11. The molecule has 1 aliphatic rings. The first-order valence-electron chi connectivity index (χ1n) is 7.75. The molecule has 0 aliphatic carbocycles. The van der Waals surface area contributed by atoms with E-state index in [1.807, 2.05) is 24.9 Å². The highest BCUT2D eigenvalue weighted by Gasteiger charge is 2.29. The zero-order chi connectivity index (χ0) is 15.7. The molecule has 3 rings (SSSR count). The summed E-state index contributed by atoms with van der Waals surface area (Å²) in [5.41, 5.74) is 4.29. The zero-order valence-corrected chi connectivity index (χ0v) is 13.3. The maximum atomic E-state index is 12.4. The van der Waals surface area contributed by atoms with Crippen LogP contribution in [0.4, 0.5) is 0 Å². The summed E-state index contributed by atoms with van der Waals surface area (Å²) in [6, 6.07) is 0. The molecule has 0 bridgehead atoms. The quantitative estimate of drug-likeness (QED) is 0.940. The standard InChI is InChI=1S/C16H22N4O2/c1-10-8-17-18-16(10)13-6-7-20(9-13)15(21)5-4-14-11(2)19-22-12(14)3/h8,13H,4-7,9H2,1-3H3,(H,17,18)/t13-/m1/s1. The van der Waals surface area contributed by atoms with Crippen molar-refractivity contribution in [1.82, 2.24) is 20.3 Å². The van der Waals surface area contributed by atoms with E-state index in [2.05, 4.69) is 22.3 Å². The lowest BCUT2D eigenvalue weighted by molar-refractivity contribution is -0.130. The Balaban J connectivity index is 1.57. The van der Waals surface area contributed by atoms with Gasteiger partial charge in [-0.1, -0.05) is 5.16 Å². The van der Waals surface area contributed by atoms with Crippen LogP contribution in [0.1, 0.15) is 47.0 Å². The Morgan fingerprint density at radius 1 is 1.45 bits per heavy atom. The van der Waals surface area contributed by atoms with Crippen molar-refractivity contribution in [2.45, 2.75) is 46.0 Å². The minimum atomic E-state index is 0.208. The van der Waals surface area contributed by atoms with E-state index in [4.69, 9.17) is 4.52 Å². The third-order valence-electron chi connectivity index (χ3n) is 4.59. The molecule has 0 aromatic carbocycles. The minimum Gasteiger partial charge on any atom is -0.361 e. The SMILES string of the molecule is Cc1cn[nH]c1[C@@H]1CCN(C(=O)CCc2c(C)noc2C)C1. The summed E-state index contributed by atoms with van der Waals surface area (Å²) in [6.07, 6.45) is 4.05. The smallest absolute Gasteiger partial charge is 0.222 e. The van der Waals surface area contributed by atoms with E-state index in [-0.39, 0.29) is 5.91 Å². The highest BCUT2D eigenvalue weighted by molar-refractivity contribution is 5.77. The number of amides is 1. The molecule has 1 amide bonds. The Morgan fingerprint density at radius 2 is 2.27 bits per heavy atom. The van der Waals surface area contributed by atoms with Crippen LogP contribution in [-0.2, 0) is 11.2 Å². The van der Waals surface area contributed by atoms with Crippen LogP contribution in [0, 0.1) is 20.8 Å². The van der Waals surface area contributed by atoms with Gasteiger partial charge in [-0.15, -0.1) is 0 Å². The molecule has 0 radical (unpaired) electrons. The minimum absolute atomic E-state index is 0.208. The van der Waals surface area contributed by atoms with E-state index in [1.165, 1.54) is 11.3 Å². The third-order valence-corrected chi connectivity index (χ3v) is 4.59. The third kappa shape index (κ3) is 2.77. The molecular formula is C16H22N4O2. The number of nitrogens with one attached hydrogen (secondary N) is 1. The predicted molar refractivity (Wildman–Crippen MR) is 81.6 cm³/mol. The zero-order valence-electron chi connectivity index (χ0n) is 13.3. The number of aromatic nitrogens is 3. The van der Waals surface area contributed by atoms with Crippen molar-refractivity contribution in [3.8, 4) is 0 Å². The molecule has 0 saturated carbocycles. The molecule has 1 N–H and O–H groups in total. The van der Waals surface area contributed by atoms with Crippen LogP contribution in [-0.4, -0.2) is 39.3 Å². The normalized spacial score (nSPS) is 18.1. The van der Waals surface area contributed by atoms with Crippen molar-refractivity contribution in [2.75, 3.05) is 13.1 Å². The predicted octanol–water partition coefficient (Wildman–Crippen LogP) is 2.27. The Morgan fingerprint density at radius 3 is 2.91 bits per heavy atom. The summed E-state index contributed by atoms with van der Waals surface area (Å²) in [7, 11) is 0. The van der Waals surface area contributed by atoms with Gasteiger partial charge in [-0.05, 0) is 39.2 Å². The van der Waals surface area contributed by atoms with Gasteiger partial charge in [0.05, 0.1) is 11.9 Å². The average Bonchev–Trinajstić information content (AvgIpc) is 3.19. The van der Waals surface area contributed by atoms with Crippen molar-refractivity contribution in [1.29, 1.82) is 0 Å². The maximum absolute atomic E-state index is 12.4. The van der Waals surface area contributed by atoms with E-state index >= 15 is 0 Å². The van der Waals surface area contributed by atoms with Gasteiger partial charge in [0.25, 0.3) is 0 Å². The first-order chi connectivity index (χ1) is 10.6. The number of rotatable bonds is 4. The second-order valence-electron chi connectivity index (χ2n) is 6.09. The highest BCUT2D eigenvalue weighted by atomic mass is 16.5. The fraction of sp³-hybridized carbons (Fsp3) is 0.562. The number of aryl methyl sites for hydroxylation is 3. The Kier molecular flexibility index (Phi) is 4.00. The lowest BCUT2D eigenvalue weighted by atomic mass is 10.0. The number of nitrogens with zero attached hydrogens (tertiary/aromatic N) is 3. The first-order valence-corrected chi connectivity index (χ1v) is 7.75. The largest absolute Gasteiger partial charge is 0.361 e. The Labute approximate surface area is 129 Å². The molecule has 6 nitrogen and oxygen atoms in total. The van der Waals surface area contributed by atoms with Gasteiger partial charge in [0.2, 0.25) is 5.91 Å². The van der Waals surface area contributed by atoms with E-state index in [9.17, 15) is 4.79 Å². The fourth-order valence-electron chi connectivity index (χ4n) is 3.24. The summed E-state index contributed by atoms with van der Waals surface area (Å²) in [5.74, 6) is 1.41. The highest BCUT2D eigenvalue weighted by Crippen LogP contribution is 2.28. The van der Waals surface area contributed by atoms with Gasteiger partial charge < -0.3 is 9.42 Å². The molecule has 6 heteroatoms. The van der Waals surface area contributed by atoms with E-state index in [1.54, 1.807) is 0 Å². The molecule has 118 valence electrons. The topological polar surface area (TPSA) is 75.0 Å². The van der Waals surface area contributed by atoms with Gasteiger partial charge >= 0.3 is 0 Å². The summed E-state index contributed by atoms with van der Waals surface area (Å²) >= 11 is 0. The molecule has 2 aromatic rings. The van der Waals surface area contributed by atoms with E-state index in [0.29, 0.717) is 18.8 Å². The molecule has 22 heavy (non-hydrogen) atoms. The van der Waals surface area contributed by atoms with Crippen molar-refractivity contribution in [3.63, 3.8) is 0 Å². The fourth-order valence-corrected chi connectivity index (χ4v) is 3.24. The van der Waals surface area contributed by atoms with Crippen LogP contribution in [0.5, 0.6) is 0 Å². The van der Waals surface area contributed by atoms with Crippen LogP contribution in [0.3, 0.4) is 0 Å². The van der Waals surface area contributed by atoms with Crippen LogP contribution in [0.15, 0.2) is 10.7 Å². The molecular weight excluding hydrogens is 280 g/mol. The lowest BCUT2D eigenvalue weighted by Gasteiger charge is -2.16. The van der Waals surface area contributed by atoms with E-state index < -0.39 is 0 Å². The second-order valence-corrected chi connectivity index (χ2v) is 6.09. The number of hydrogen-bond donors (Lipinski definition) is 1. The lowest BCUT2D eigenvalue weighted by Crippen LogP contribution is -2.28. The summed E-state index contributed by atoms with van der Waals surface area (Å²) in [4.78, 5) is 14.4. The van der Waals surface area contributed by atoms with Crippen LogP contribution in [0.25, 0.3) is 0 Å². The van der Waals surface area contributed by atoms with Gasteiger partial charge in [0.1, 0.15) is 5.76 Å². The number of carbonyl (C=O) groups is 1. The number of carbonyl (C=O) groups excluding carboxylic acids is 1. The van der Waals surface area contributed by atoms with Gasteiger partial charge in [0, 0.05) is 36.7 Å². The van der Waals surface area contributed by atoms with Gasteiger partial charge in [-0.2, -0.15) is 5.10 Å². The van der Waals surface area contributed by atoms with Crippen molar-refractivity contribution in [2.24, 2.45) is 0 Å². The molecule has 3 heterocycles. The molecule has 1 fully saturated rings. The van der Waals surface area contributed by atoms with Crippen molar-refractivity contribution < 1.29 is 9.32 Å². The van der Waals surface area contributed by atoms with E-state index in [0.717, 1.165) is 36.5 Å². The van der Waals surface area contributed by atoms with Gasteiger partial charge in [0.15, 0.2) is 0 Å². The number of hydrogen-bond acceptors (Lipinski definition) is 4. The summed E-state index contributed by atoms with van der Waals surface area (Å²) in [5, 5.41) is 11.1. The average molecular weight is 302 g/mol. The van der Waals surface area contributed by atoms with Crippen LogP contribution in [0.2, 0.25) is 0 Å². The molecule has 0 spiro atoms. The maximum Gasteiger partial charge on any atom is 0.222 e. The van der Waals surface area contributed by atoms with Crippen molar-refractivity contribution >= 4 is 5.91 Å². The monoisotopic (exact) mass is 302 g/mol. The molecule has 1 atom stereocenters. The Bertz CT molecular complexity index is 654. The second kappa shape index (κ2) is 5.94. The number of H-pyrrole nitrogens is 1. The number of likely N-dealkylation sites (tertiary alicyclic amines) is 1. The molecule has 0 unspecified atom stereocenters. The van der Waals surface area contributed by atoms with Gasteiger partial charge in [-0.25, -0.2) is 0 Å². The van der Waals surface area contributed by atoms with Gasteiger partial charge in [-0.3, -0.25) is 9.89 Å². The molecule has 1 saturated heterocycles.